The highest BCUT2D eigenvalue weighted by molar-refractivity contribution is 7.89. The third-order valence-corrected chi connectivity index (χ3v) is 8.23. The first-order chi connectivity index (χ1) is 15.6. The number of hydrogen-bond acceptors (Lipinski definition) is 4. The lowest BCUT2D eigenvalue weighted by Gasteiger charge is -2.35. The molecule has 0 spiro atoms. The molecule has 1 heterocycles. The zero-order valence-corrected chi connectivity index (χ0v) is 20.0. The van der Waals surface area contributed by atoms with Gasteiger partial charge in [-0.25, -0.2) is 12.8 Å². The van der Waals surface area contributed by atoms with Gasteiger partial charge in [0.25, 0.3) is 0 Å². The van der Waals surface area contributed by atoms with Crippen molar-refractivity contribution in [2.45, 2.75) is 57.4 Å². The Hall–Kier alpha value is -2.78. The number of amides is 2. The number of carbonyl (C=O) groups is 2. The van der Waals surface area contributed by atoms with E-state index in [0.29, 0.717) is 30.6 Å². The van der Waals surface area contributed by atoms with Gasteiger partial charge < -0.3 is 10.6 Å². The van der Waals surface area contributed by atoms with Gasteiger partial charge in [0.2, 0.25) is 10.0 Å². The SMILES string of the molecule is Cc1cc(F)ccc1S(=O)(=O)N1CCCC[C@@H]1CCNC(=O)C(=O)Nc1cccc(C)c1C. The maximum absolute atomic E-state index is 13.5. The predicted octanol–water partition coefficient (Wildman–Crippen LogP) is 3.44. The molecule has 3 rings (SSSR count). The first-order valence-corrected chi connectivity index (χ1v) is 12.5. The molecular weight excluding hydrogens is 445 g/mol. The van der Waals surface area contributed by atoms with Gasteiger partial charge in [-0.2, -0.15) is 4.31 Å². The molecule has 1 saturated heterocycles. The van der Waals surface area contributed by atoms with Crippen LogP contribution in [-0.4, -0.2) is 43.7 Å². The fourth-order valence-corrected chi connectivity index (χ4v) is 6.04. The summed E-state index contributed by atoms with van der Waals surface area (Å²) in [5.74, 6) is -2.02. The van der Waals surface area contributed by atoms with E-state index in [9.17, 15) is 22.4 Å². The Bertz CT molecular complexity index is 1150. The van der Waals surface area contributed by atoms with Gasteiger partial charge in [-0.15, -0.1) is 0 Å². The van der Waals surface area contributed by atoms with Crippen LogP contribution in [0.15, 0.2) is 41.3 Å². The Labute approximate surface area is 194 Å². The number of carbonyl (C=O) groups excluding carboxylic acids is 2. The van der Waals surface area contributed by atoms with Crippen LogP contribution < -0.4 is 10.6 Å². The number of aryl methyl sites for hydroxylation is 2. The van der Waals surface area contributed by atoms with Crippen molar-refractivity contribution in [1.82, 2.24) is 9.62 Å². The van der Waals surface area contributed by atoms with Crippen molar-refractivity contribution >= 4 is 27.5 Å². The molecule has 0 bridgehead atoms. The molecule has 2 amide bonds. The average molecular weight is 476 g/mol. The number of nitrogens with zero attached hydrogens (tertiary/aromatic N) is 1. The molecule has 2 aromatic carbocycles. The van der Waals surface area contributed by atoms with Crippen LogP contribution in [0.5, 0.6) is 0 Å². The third kappa shape index (κ3) is 5.78. The fourth-order valence-electron chi connectivity index (χ4n) is 4.11. The molecule has 1 fully saturated rings. The lowest BCUT2D eigenvalue weighted by atomic mass is 10.0. The van der Waals surface area contributed by atoms with E-state index in [1.807, 2.05) is 19.9 Å². The molecular formula is C24H30FN3O4S. The summed E-state index contributed by atoms with van der Waals surface area (Å²) in [6.45, 7) is 5.89. The van der Waals surface area contributed by atoms with Crippen LogP contribution in [0.3, 0.4) is 0 Å². The van der Waals surface area contributed by atoms with E-state index in [4.69, 9.17) is 0 Å². The van der Waals surface area contributed by atoms with Gasteiger partial charge in [0.1, 0.15) is 5.82 Å². The predicted molar refractivity (Wildman–Crippen MR) is 125 cm³/mol. The Morgan fingerprint density at radius 1 is 1.06 bits per heavy atom. The van der Waals surface area contributed by atoms with E-state index in [1.165, 1.54) is 16.4 Å². The lowest BCUT2D eigenvalue weighted by molar-refractivity contribution is -0.136. The van der Waals surface area contributed by atoms with Gasteiger partial charge in [-0.05, 0) is 81.0 Å². The normalized spacial score (nSPS) is 16.9. The Kier molecular flexibility index (Phi) is 7.86. The molecule has 9 heteroatoms. The number of piperidine rings is 1. The average Bonchev–Trinajstić information content (AvgIpc) is 2.76. The van der Waals surface area contributed by atoms with E-state index in [1.54, 1.807) is 19.1 Å². The molecule has 1 aliphatic rings. The minimum Gasteiger partial charge on any atom is -0.348 e. The molecule has 2 aromatic rings. The summed E-state index contributed by atoms with van der Waals surface area (Å²) < 4.78 is 41.4. The van der Waals surface area contributed by atoms with Gasteiger partial charge in [-0.1, -0.05) is 18.6 Å². The minimum absolute atomic E-state index is 0.0905. The number of hydrogen-bond donors (Lipinski definition) is 2. The van der Waals surface area contributed by atoms with E-state index in [2.05, 4.69) is 10.6 Å². The number of rotatable bonds is 6. The maximum atomic E-state index is 13.5. The van der Waals surface area contributed by atoms with E-state index in [0.717, 1.165) is 30.0 Å². The number of nitrogens with one attached hydrogen (secondary N) is 2. The zero-order chi connectivity index (χ0) is 24.2. The smallest absolute Gasteiger partial charge is 0.313 e. The number of halogens is 1. The summed E-state index contributed by atoms with van der Waals surface area (Å²) in [7, 11) is -3.80. The van der Waals surface area contributed by atoms with Gasteiger partial charge in [0.15, 0.2) is 0 Å². The summed E-state index contributed by atoms with van der Waals surface area (Å²) >= 11 is 0. The largest absolute Gasteiger partial charge is 0.348 e. The second-order valence-electron chi connectivity index (χ2n) is 8.42. The molecule has 0 aromatic heterocycles. The quantitative estimate of drug-likeness (QED) is 0.626. The topological polar surface area (TPSA) is 95.6 Å². The van der Waals surface area contributed by atoms with Crippen molar-refractivity contribution in [3.05, 3.63) is 58.9 Å². The highest BCUT2D eigenvalue weighted by Crippen LogP contribution is 2.28. The summed E-state index contributed by atoms with van der Waals surface area (Å²) in [6, 6.07) is 8.80. The van der Waals surface area contributed by atoms with Gasteiger partial charge in [0.05, 0.1) is 4.90 Å². The van der Waals surface area contributed by atoms with Crippen LogP contribution in [0.2, 0.25) is 0 Å². The molecule has 0 unspecified atom stereocenters. The van der Waals surface area contributed by atoms with Gasteiger partial charge in [-0.3, -0.25) is 9.59 Å². The van der Waals surface area contributed by atoms with Crippen molar-refractivity contribution in [2.75, 3.05) is 18.4 Å². The Morgan fingerprint density at radius 2 is 1.82 bits per heavy atom. The van der Waals surface area contributed by atoms with Crippen molar-refractivity contribution in [3.63, 3.8) is 0 Å². The van der Waals surface area contributed by atoms with Crippen LogP contribution in [-0.2, 0) is 19.6 Å². The zero-order valence-electron chi connectivity index (χ0n) is 19.2. The molecule has 0 saturated carbocycles. The van der Waals surface area contributed by atoms with Gasteiger partial charge in [0, 0.05) is 24.8 Å². The first-order valence-electron chi connectivity index (χ1n) is 11.0. The second kappa shape index (κ2) is 10.4. The monoisotopic (exact) mass is 475 g/mol. The summed E-state index contributed by atoms with van der Waals surface area (Å²) in [5, 5.41) is 5.21. The van der Waals surface area contributed by atoms with Crippen molar-refractivity contribution < 1.29 is 22.4 Å². The highest BCUT2D eigenvalue weighted by atomic mass is 32.2. The van der Waals surface area contributed by atoms with Crippen molar-refractivity contribution in [1.29, 1.82) is 0 Å². The molecule has 2 N–H and O–H groups in total. The first kappa shape index (κ1) is 24.9. The molecule has 0 aliphatic carbocycles. The standard InChI is InChI=1S/C24H30FN3O4S/c1-16-7-6-9-21(18(16)3)27-24(30)23(29)26-13-12-20-8-4-5-14-28(20)33(31,32)22-11-10-19(25)15-17(22)2/h6-7,9-11,15,20H,4-5,8,12-14H2,1-3H3,(H,26,29)(H,27,30)/t20-/m1/s1. The third-order valence-electron chi connectivity index (χ3n) is 6.12. The maximum Gasteiger partial charge on any atom is 0.313 e. The summed E-state index contributed by atoms with van der Waals surface area (Å²) in [5.41, 5.74) is 2.83. The molecule has 33 heavy (non-hydrogen) atoms. The van der Waals surface area contributed by atoms with Crippen molar-refractivity contribution in [3.8, 4) is 0 Å². The number of anilines is 1. The van der Waals surface area contributed by atoms with E-state index >= 15 is 0 Å². The molecule has 7 nitrogen and oxygen atoms in total. The van der Waals surface area contributed by atoms with E-state index in [-0.39, 0.29) is 17.5 Å². The Balaban J connectivity index is 1.61. The van der Waals surface area contributed by atoms with Crippen molar-refractivity contribution in [2.24, 2.45) is 0 Å². The molecule has 1 aliphatic heterocycles. The molecule has 0 radical (unpaired) electrons. The lowest BCUT2D eigenvalue weighted by Crippen LogP contribution is -2.46. The van der Waals surface area contributed by atoms with E-state index < -0.39 is 27.7 Å². The summed E-state index contributed by atoms with van der Waals surface area (Å²) in [6.07, 6.45) is 2.65. The second-order valence-corrected chi connectivity index (χ2v) is 10.3. The van der Waals surface area contributed by atoms with Crippen LogP contribution in [0.1, 0.15) is 42.4 Å². The molecule has 1 atom stereocenters. The minimum atomic E-state index is -3.80. The van der Waals surface area contributed by atoms with Crippen LogP contribution in [0.4, 0.5) is 10.1 Å². The highest BCUT2D eigenvalue weighted by Gasteiger charge is 2.34. The fraction of sp³-hybridized carbons (Fsp3) is 0.417. The van der Waals surface area contributed by atoms with Gasteiger partial charge >= 0.3 is 11.8 Å². The van der Waals surface area contributed by atoms with Crippen LogP contribution in [0.25, 0.3) is 0 Å². The van der Waals surface area contributed by atoms with Crippen LogP contribution >= 0.6 is 0 Å². The summed E-state index contributed by atoms with van der Waals surface area (Å²) in [4.78, 5) is 24.6. The Morgan fingerprint density at radius 3 is 2.55 bits per heavy atom. The van der Waals surface area contributed by atoms with Crippen LogP contribution in [0, 0.1) is 26.6 Å². The number of benzene rings is 2. The number of sulfonamides is 1. The molecule has 178 valence electrons.